The second kappa shape index (κ2) is 7.29. The largest absolute Gasteiger partial charge is 0.495 e. The second-order valence-corrected chi connectivity index (χ2v) is 5.97. The predicted octanol–water partition coefficient (Wildman–Crippen LogP) is 3.04. The Morgan fingerprint density at radius 3 is 2.62 bits per heavy atom. The fraction of sp³-hybridized carbons (Fsp3) is 0.389. The van der Waals surface area contributed by atoms with Gasteiger partial charge >= 0.3 is 0 Å². The van der Waals surface area contributed by atoms with Crippen molar-refractivity contribution in [2.45, 2.75) is 26.2 Å². The van der Waals surface area contributed by atoms with E-state index in [4.69, 9.17) is 4.74 Å². The molecule has 3 rings (SSSR count). The first kappa shape index (κ1) is 16.2. The van der Waals surface area contributed by atoms with Crippen LogP contribution in [-0.2, 0) is 0 Å². The molecular weight excluding hydrogens is 304 g/mol. The number of amides is 1. The molecule has 1 aromatic heterocycles. The summed E-state index contributed by atoms with van der Waals surface area (Å²) >= 11 is 0. The van der Waals surface area contributed by atoms with Crippen LogP contribution in [0.3, 0.4) is 0 Å². The summed E-state index contributed by atoms with van der Waals surface area (Å²) in [6, 6.07) is 5.63. The monoisotopic (exact) mass is 326 g/mol. The Morgan fingerprint density at radius 1 is 1.17 bits per heavy atom. The average Bonchev–Trinajstić information content (AvgIpc) is 2.63. The number of carbonyl (C=O) groups excluding carboxylic acids is 1. The quantitative estimate of drug-likeness (QED) is 0.935. The highest BCUT2D eigenvalue weighted by atomic mass is 16.5. The minimum absolute atomic E-state index is 0.291. The standard InChI is InChI=1S/C18H22N4O2/c1-13-6-7-16(24-2)14(10-13)21-18(23)15-11-20-17(12-19-15)22-8-4-3-5-9-22/h6-7,10-12H,3-5,8-9H2,1-2H3,(H,21,23). The van der Waals surface area contributed by atoms with E-state index in [1.54, 1.807) is 13.3 Å². The van der Waals surface area contributed by atoms with E-state index in [0.717, 1.165) is 24.5 Å². The summed E-state index contributed by atoms with van der Waals surface area (Å²) in [7, 11) is 1.58. The van der Waals surface area contributed by atoms with Crippen LogP contribution in [0.25, 0.3) is 0 Å². The van der Waals surface area contributed by atoms with Gasteiger partial charge in [0.25, 0.3) is 5.91 Å². The highest BCUT2D eigenvalue weighted by Crippen LogP contribution is 2.25. The molecule has 0 unspecified atom stereocenters. The smallest absolute Gasteiger partial charge is 0.275 e. The molecule has 1 fully saturated rings. The van der Waals surface area contributed by atoms with Gasteiger partial charge in [-0.15, -0.1) is 0 Å². The van der Waals surface area contributed by atoms with Crippen molar-refractivity contribution >= 4 is 17.4 Å². The van der Waals surface area contributed by atoms with Gasteiger partial charge in [0.15, 0.2) is 0 Å². The van der Waals surface area contributed by atoms with Crippen molar-refractivity contribution in [3.8, 4) is 5.75 Å². The zero-order chi connectivity index (χ0) is 16.9. The van der Waals surface area contributed by atoms with Crippen molar-refractivity contribution < 1.29 is 9.53 Å². The number of rotatable bonds is 4. The van der Waals surface area contributed by atoms with E-state index in [0.29, 0.717) is 17.1 Å². The number of benzene rings is 1. The SMILES string of the molecule is COc1ccc(C)cc1NC(=O)c1cnc(N2CCCCC2)cn1. The molecule has 2 aromatic rings. The lowest BCUT2D eigenvalue weighted by Crippen LogP contribution is -2.30. The Bertz CT molecular complexity index is 709. The first-order valence-electron chi connectivity index (χ1n) is 8.20. The number of hydrogen-bond acceptors (Lipinski definition) is 5. The molecule has 1 aliphatic rings. The zero-order valence-electron chi connectivity index (χ0n) is 14.1. The first-order chi connectivity index (χ1) is 11.7. The molecule has 1 amide bonds. The Kier molecular flexibility index (Phi) is 4.93. The highest BCUT2D eigenvalue weighted by molar-refractivity contribution is 6.03. The maximum absolute atomic E-state index is 12.4. The van der Waals surface area contributed by atoms with Crippen molar-refractivity contribution in [3.05, 3.63) is 41.9 Å². The number of ether oxygens (including phenoxy) is 1. The number of anilines is 2. The summed E-state index contributed by atoms with van der Waals surface area (Å²) in [4.78, 5) is 23.3. The van der Waals surface area contributed by atoms with E-state index >= 15 is 0 Å². The van der Waals surface area contributed by atoms with Crippen LogP contribution in [0.5, 0.6) is 5.75 Å². The van der Waals surface area contributed by atoms with E-state index in [-0.39, 0.29) is 5.91 Å². The van der Waals surface area contributed by atoms with E-state index in [9.17, 15) is 4.79 Å². The van der Waals surface area contributed by atoms with Crippen LogP contribution in [0.4, 0.5) is 11.5 Å². The van der Waals surface area contributed by atoms with E-state index in [1.807, 2.05) is 25.1 Å². The van der Waals surface area contributed by atoms with E-state index < -0.39 is 0 Å². The molecule has 126 valence electrons. The van der Waals surface area contributed by atoms with Crippen molar-refractivity contribution in [1.29, 1.82) is 0 Å². The van der Waals surface area contributed by atoms with Crippen LogP contribution in [0.2, 0.25) is 0 Å². The Labute approximate surface area is 141 Å². The topological polar surface area (TPSA) is 67.3 Å². The summed E-state index contributed by atoms with van der Waals surface area (Å²) in [6.45, 7) is 3.96. The van der Waals surface area contributed by atoms with Gasteiger partial charge in [-0.2, -0.15) is 0 Å². The number of nitrogens with one attached hydrogen (secondary N) is 1. The lowest BCUT2D eigenvalue weighted by Gasteiger charge is -2.27. The molecule has 0 aliphatic carbocycles. The average molecular weight is 326 g/mol. The number of carbonyl (C=O) groups is 1. The summed E-state index contributed by atoms with van der Waals surface area (Å²) in [5, 5.41) is 2.84. The van der Waals surface area contributed by atoms with Gasteiger partial charge in [-0.05, 0) is 43.9 Å². The molecule has 1 N–H and O–H groups in total. The fourth-order valence-corrected chi connectivity index (χ4v) is 2.83. The van der Waals surface area contributed by atoms with Gasteiger partial charge in [-0.3, -0.25) is 4.79 Å². The number of aryl methyl sites for hydroxylation is 1. The van der Waals surface area contributed by atoms with Crippen LogP contribution in [0, 0.1) is 6.92 Å². The summed E-state index contributed by atoms with van der Waals surface area (Å²) in [5.74, 6) is 1.16. The summed E-state index contributed by atoms with van der Waals surface area (Å²) in [5.41, 5.74) is 1.96. The molecule has 1 aromatic carbocycles. The molecule has 1 saturated heterocycles. The van der Waals surface area contributed by atoms with Crippen molar-refractivity contribution in [2.75, 3.05) is 30.4 Å². The van der Waals surface area contributed by atoms with Crippen LogP contribution in [-0.4, -0.2) is 36.1 Å². The number of methoxy groups -OCH3 is 1. The molecule has 0 saturated carbocycles. The third kappa shape index (κ3) is 3.64. The van der Waals surface area contributed by atoms with Crippen molar-refractivity contribution in [1.82, 2.24) is 9.97 Å². The Hall–Kier alpha value is -2.63. The minimum Gasteiger partial charge on any atom is -0.495 e. The summed E-state index contributed by atoms with van der Waals surface area (Å²) in [6.07, 6.45) is 6.83. The van der Waals surface area contributed by atoms with Crippen LogP contribution in [0.15, 0.2) is 30.6 Å². The highest BCUT2D eigenvalue weighted by Gasteiger charge is 2.15. The van der Waals surface area contributed by atoms with Crippen LogP contribution < -0.4 is 15.0 Å². The Morgan fingerprint density at radius 2 is 1.96 bits per heavy atom. The van der Waals surface area contributed by atoms with Gasteiger partial charge in [-0.25, -0.2) is 9.97 Å². The third-order valence-electron chi connectivity index (χ3n) is 4.15. The lowest BCUT2D eigenvalue weighted by atomic mass is 10.1. The molecule has 0 spiro atoms. The second-order valence-electron chi connectivity index (χ2n) is 5.97. The maximum Gasteiger partial charge on any atom is 0.275 e. The summed E-state index contributed by atoms with van der Waals surface area (Å²) < 4.78 is 5.28. The molecule has 6 heteroatoms. The molecule has 6 nitrogen and oxygen atoms in total. The van der Waals surface area contributed by atoms with Gasteiger partial charge in [0, 0.05) is 13.1 Å². The van der Waals surface area contributed by atoms with Crippen molar-refractivity contribution in [3.63, 3.8) is 0 Å². The molecule has 0 radical (unpaired) electrons. The van der Waals surface area contributed by atoms with Gasteiger partial charge < -0.3 is 15.0 Å². The van der Waals surface area contributed by atoms with E-state index in [1.165, 1.54) is 25.5 Å². The zero-order valence-corrected chi connectivity index (χ0v) is 14.1. The molecule has 24 heavy (non-hydrogen) atoms. The molecular formula is C18H22N4O2. The number of hydrogen-bond donors (Lipinski definition) is 1. The fourth-order valence-electron chi connectivity index (χ4n) is 2.83. The van der Waals surface area contributed by atoms with Crippen LogP contribution >= 0.6 is 0 Å². The first-order valence-corrected chi connectivity index (χ1v) is 8.20. The number of nitrogens with zero attached hydrogens (tertiary/aromatic N) is 3. The minimum atomic E-state index is -0.295. The van der Waals surface area contributed by atoms with Gasteiger partial charge in [0.05, 0.1) is 25.2 Å². The lowest BCUT2D eigenvalue weighted by molar-refractivity contribution is 0.102. The van der Waals surface area contributed by atoms with Gasteiger partial charge in [0.1, 0.15) is 17.3 Å². The third-order valence-corrected chi connectivity index (χ3v) is 4.15. The number of aromatic nitrogens is 2. The number of piperidine rings is 1. The molecule has 2 heterocycles. The van der Waals surface area contributed by atoms with Crippen LogP contribution in [0.1, 0.15) is 35.3 Å². The molecule has 1 aliphatic heterocycles. The van der Waals surface area contributed by atoms with Gasteiger partial charge in [-0.1, -0.05) is 6.07 Å². The molecule has 0 atom stereocenters. The normalized spacial score (nSPS) is 14.3. The maximum atomic E-state index is 12.4. The van der Waals surface area contributed by atoms with Gasteiger partial charge in [0.2, 0.25) is 0 Å². The van der Waals surface area contributed by atoms with Crippen molar-refractivity contribution in [2.24, 2.45) is 0 Å². The Balaban J connectivity index is 1.72. The predicted molar refractivity (Wildman–Crippen MR) is 93.8 cm³/mol. The molecule has 0 bridgehead atoms. The van der Waals surface area contributed by atoms with E-state index in [2.05, 4.69) is 20.2 Å².